The number of amides is 4. The van der Waals surface area contributed by atoms with Crippen LogP contribution in [0.4, 0.5) is 0 Å². The second-order valence-corrected chi connectivity index (χ2v) is 27.4. The molecule has 0 unspecified atom stereocenters. The third-order valence-corrected chi connectivity index (χ3v) is 21.8. The van der Waals surface area contributed by atoms with Crippen molar-refractivity contribution >= 4 is 52.6 Å². The van der Waals surface area contributed by atoms with Gasteiger partial charge in [0.1, 0.15) is 29.0 Å². The van der Waals surface area contributed by atoms with Crippen molar-refractivity contribution < 1.29 is 39.6 Å². The number of ketones is 1. The molecule has 13 nitrogen and oxygen atoms in total. The van der Waals surface area contributed by atoms with Gasteiger partial charge in [0.25, 0.3) is 0 Å². The Bertz CT molecular complexity index is 2590. The molecule has 0 aliphatic heterocycles. The van der Waals surface area contributed by atoms with Crippen molar-refractivity contribution in [1.82, 2.24) is 25.4 Å². The van der Waals surface area contributed by atoms with E-state index < -0.39 is 25.0 Å². The number of benzene rings is 6. The van der Waals surface area contributed by atoms with Crippen molar-refractivity contribution in [3.63, 3.8) is 0 Å². The Morgan fingerprint density at radius 1 is 0.371 bits per heavy atom. The van der Waals surface area contributed by atoms with Crippen molar-refractivity contribution in [3.05, 3.63) is 199 Å². The number of nitrogens with zero attached hydrogens (tertiary/aromatic N) is 4. The Kier molecular flexibility index (Phi) is 32.6. The van der Waals surface area contributed by atoms with Gasteiger partial charge in [-0.05, 0) is 150 Å². The van der Waals surface area contributed by atoms with E-state index in [0.717, 1.165) is 108 Å². The lowest BCUT2D eigenvalue weighted by Crippen LogP contribution is -2.33. The number of unbranched alkanes of at least 4 members (excludes halogenated alkanes) is 13. The quantitative estimate of drug-likeness (QED) is 0.00955. The van der Waals surface area contributed by atoms with Crippen LogP contribution in [0.25, 0.3) is 0 Å². The molecule has 478 valence electrons. The zero-order valence-electron chi connectivity index (χ0n) is 53.1. The molecule has 0 saturated carbocycles. The van der Waals surface area contributed by atoms with Crippen LogP contribution in [-0.4, -0.2) is 117 Å². The van der Waals surface area contributed by atoms with Gasteiger partial charge in [0, 0.05) is 70.6 Å². The standard InChI is InChI=1S/C75H100N5O8P/c1-64(81)78(86)60-34-4-2-22-44-68(82)51-53-73(84)79(87)61-35-14-30-56-76-72(83)52-54-74(85)80(88)62-36-15-33-59-77(57-31-5-3-29-55-75(65-38-16-8-17-39-65,66-40-18-9-19-41-66)67-42-20-10-21-43-67)58-32-6-7-37-63-89(69-45-23-11-24-46-69,70-47-25-12-26-48-70)71-49-27-13-28-50-71/h8-13,16-21,23-28,38-43,45-50,86-88H,2-7,14-15,22,29-37,44,51-63H2,1H3/p+1. The summed E-state index contributed by atoms with van der Waals surface area (Å²) >= 11 is 0. The summed E-state index contributed by atoms with van der Waals surface area (Å²) in [4.78, 5) is 63.8. The molecule has 0 spiro atoms. The highest BCUT2D eigenvalue weighted by Gasteiger charge is 2.44. The highest BCUT2D eigenvalue weighted by Crippen LogP contribution is 2.56. The predicted octanol–water partition coefficient (Wildman–Crippen LogP) is 14.0. The minimum absolute atomic E-state index is 0.0322. The van der Waals surface area contributed by atoms with Gasteiger partial charge in [0.05, 0.1) is 6.16 Å². The molecule has 0 heterocycles. The SMILES string of the molecule is CC(=O)N(O)CCCCCCC(=O)CCC(=O)N(O)CCCCCNC(=O)CCC(=O)N(O)CCCCCN(CCCCCCC(c1ccccc1)(c1ccccc1)c1ccccc1)CCCCCC[P+](c1ccccc1)(c1ccccc1)c1ccccc1. The lowest BCUT2D eigenvalue weighted by molar-refractivity contribution is -0.166. The molecule has 4 N–H and O–H groups in total. The first-order valence-electron chi connectivity index (χ1n) is 33.1. The number of hydroxylamine groups is 6. The minimum atomic E-state index is -1.87. The Morgan fingerprint density at radius 2 is 0.719 bits per heavy atom. The molecule has 14 heteroatoms. The van der Waals surface area contributed by atoms with Gasteiger partial charge in [-0.2, -0.15) is 0 Å². The summed E-state index contributed by atoms with van der Waals surface area (Å²) in [6.07, 6.45) is 18.6. The van der Waals surface area contributed by atoms with Gasteiger partial charge in [-0.25, -0.2) is 15.2 Å². The molecule has 89 heavy (non-hydrogen) atoms. The first-order valence-corrected chi connectivity index (χ1v) is 35.1. The smallest absolute Gasteiger partial charge is 0.246 e. The fourth-order valence-corrected chi connectivity index (χ4v) is 16.7. The van der Waals surface area contributed by atoms with Crippen molar-refractivity contribution in [3.8, 4) is 0 Å². The van der Waals surface area contributed by atoms with E-state index in [1.807, 2.05) is 0 Å². The predicted molar refractivity (Wildman–Crippen MR) is 361 cm³/mol. The maximum atomic E-state index is 12.9. The van der Waals surface area contributed by atoms with Crippen molar-refractivity contribution in [2.45, 2.75) is 166 Å². The largest absolute Gasteiger partial charge is 0.356 e. The maximum Gasteiger partial charge on any atom is 0.246 e. The Morgan fingerprint density at radius 3 is 1.16 bits per heavy atom. The number of carbonyl (C=O) groups excluding carboxylic acids is 5. The molecule has 6 aromatic rings. The lowest BCUT2D eigenvalue weighted by atomic mass is 9.66. The van der Waals surface area contributed by atoms with Crippen LogP contribution in [0.1, 0.15) is 178 Å². The topological polar surface area (TPSA) is 171 Å². The highest BCUT2D eigenvalue weighted by molar-refractivity contribution is 7.95. The van der Waals surface area contributed by atoms with Crippen LogP contribution in [0.15, 0.2) is 182 Å². The van der Waals surface area contributed by atoms with Gasteiger partial charge in [0.15, 0.2) is 0 Å². The van der Waals surface area contributed by atoms with Gasteiger partial charge in [-0.15, -0.1) is 0 Å². The molecule has 6 rings (SSSR count). The van der Waals surface area contributed by atoms with Gasteiger partial charge in [0.2, 0.25) is 23.6 Å². The van der Waals surface area contributed by atoms with E-state index in [1.165, 1.54) is 45.9 Å². The van der Waals surface area contributed by atoms with Gasteiger partial charge in [-0.3, -0.25) is 39.6 Å². The molecule has 0 radical (unpaired) electrons. The fraction of sp³-hybridized carbons (Fsp3) is 0.453. The average molecular weight is 1230 g/mol. The zero-order chi connectivity index (χ0) is 63.2. The van der Waals surface area contributed by atoms with Gasteiger partial charge >= 0.3 is 0 Å². The molecule has 0 aromatic heterocycles. The molecule has 0 atom stereocenters. The molecule has 0 saturated heterocycles. The summed E-state index contributed by atoms with van der Waals surface area (Å²) in [5.41, 5.74) is 3.73. The highest BCUT2D eigenvalue weighted by atomic mass is 31.2. The molecule has 6 aromatic carbocycles. The van der Waals surface area contributed by atoms with Crippen LogP contribution in [0.3, 0.4) is 0 Å². The number of carbonyl (C=O) groups is 5. The molecule has 0 aliphatic carbocycles. The van der Waals surface area contributed by atoms with Crippen LogP contribution in [0.5, 0.6) is 0 Å². The first-order chi connectivity index (χ1) is 43.4. The van der Waals surface area contributed by atoms with Crippen LogP contribution < -0.4 is 21.2 Å². The summed E-state index contributed by atoms with van der Waals surface area (Å²) in [5.74, 6) is -1.71. The van der Waals surface area contributed by atoms with Crippen molar-refractivity contribution in [2.75, 3.05) is 52.0 Å². The number of nitrogens with one attached hydrogen (secondary N) is 1. The summed E-state index contributed by atoms with van der Waals surface area (Å²) < 4.78 is 0. The average Bonchev–Trinajstić information content (AvgIpc) is 1.11. The summed E-state index contributed by atoms with van der Waals surface area (Å²) in [5, 5.41) is 39.5. The van der Waals surface area contributed by atoms with E-state index in [2.05, 4.69) is 192 Å². The lowest BCUT2D eigenvalue weighted by Gasteiger charge is -2.36. The molecular weight excluding hydrogens is 1130 g/mol. The second-order valence-electron chi connectivity index (χ2n) is 23.8. The third kappa shape index (κ3) is 24.1. The number of rotatable bonds is 45. The van der Waals surface area contributed by atoms with E-state index in [0.29, 0.717) is 61.6 Å². The van der Waals surface area contributed by atoms with Crippen LogP contribution in [0.2, 0.25) is 0 Å². The number of hydrogen-bond donors (Lipinski definition) is 4. The van der Waals surface area contributed by atoms with E-state index >= 15 is 0 Å². The third-order valence-electron chi connectivity index (χ3n) is 17.3. The van der Waals surface area contributed by atoms with Crippen molar-refractivity contribution in [1.29, 1.82) is 0 Å². The molecule has 0 bridgehead atoms. The molecule has 0 fully saturated rings. The molecule has 0 aliphatic rings. The number of hydrogen-bond acceptors (Lipinski definition) is 9. The second kappa shape index (κ2) is 40.7. The Hall–Kier alpha value is -6.86. The maximum absolute atomic E-state index is 12.9. The molecular formula is C75H101N5O8P+. The van der Waals surface area contributed by atoms with Crippen LogP contribution >= 0.6 is 7.26 Å². The van der Waals surface area contributed by atoms with E-state index in [4.69, 9.17) is 0 Å². The zero-order valence-corrected chi connectivity index (χ0v) is 54.0. The first kappa shape index (κ1) is 71.2. The normalized spacial score (nSPS) is 11.6. The summed E-state index contributed by atoms with van der Waals surface area (Å²) in [7, 11) is -1.87. The number of Topliss-reactive ketones (excluding diaryl/α,β-unsaturated/α-hetero) is 1. The minimum Gasteiger partial charge on any atom is -0.356 e. The van der Waals surface area contributed by atoms with Gasteiger partial charge in [-0.1, -0.05) is 191 Å². The van der Waals surface area contributed by atoms with E-state index in [-0.39, 0.29) is 62.4 Å². The van der Waals surface area contributed by atoms with Crippen LogP contribution in [0, 0.1) is 0 Å². The van der Waals surface area contributed by atoms with Gasteiger partial charge < -0.3 is 10.2 Å². The summed E-state index contributed by atoms with van der Waals surface area (Å²) in [6, 6.07) is 66.5. The Labute approximate surface area is 532 Å². The monoisotopic (exact) mass is 1230 g/mol. The van der Waals surface area contributed by atoms with E-state index in [1.54, 1.807) is 0 Å². The van der Waals surface area contributed by atoms with Crippen molar-refractivity contribution in [2.24, 2.45) is 0 Å². The summed E-state index contributed by atoms with van der Waals surface area (Å²) in [6.45, 7) is 5.31. The Balaban J connectivity index is 0.912. The van der Waals surface area contributed by atoms with E-state index in [9.17, 15) is 39.6 Å². The fourth-order valence-electron chi connectivity index (χ4n) is 12.3. The van der Waals surface area contributed by atoms with Crippen LogP contribution in [-0.2, 0) is 29.4 Å². The molecule has 4 amide bonds.